The molecule has 4 aromatic heterocycles. The van der Waals surface area contributed by atoms with Crippen LogP contribution < -0.4 is 9.80 Å². The summed E-state index contributed by atoms with van der Waals surface area (Å²) in [6, 6.07) is 78.9. The summed E-state index contributed by atoms with van der Waals surface area (Å²) in [5, 5.41) is 13.9. The molecule has 68 heavy (non-hydrogen) atoms. The van der Waals surface area contributed by atoms with Gasteiger partial charge in [0.2, 0.25) is 0 Å². The van der Waals surface area contributed by atoms with Crippen molar-refractivity contribution in [2.75, 3.05) is 9.80 Å². The Morgan fingerprint density at radius 2 is 0.662 bits per heavy atom. The maximum absolute atomic E-state index is 6.75. The van der Waals surface area contributed by atoms with Gasteiger partial charge in [0.1, 0.15) is 22.3 Å². The second kappa shape index (κ2) is 14.5. The van der Waals surface area contributed by atoms with Crippen LogP contribution in [0.25, 0.3) is 106 Å². The first-order chi connectivity index (χ1) is 33.7. The lowest BCUT2D eigenvalue weighted by Crippen LogP contribution is -2.09. The predicted molar refractivity (Wildman–Crippen MR) is 291 cm³/mol. The second-order valence-electron chi connectivity index (χ2n) is 17.7. The van der Waals surface area contributed by atoms with E-state index in [1.807, 2.05) is 22.7 Å². The fourth-order valence-corrected chi connectivity index (χ4v) is 13.0. The minimum atomic E-state index is 0.845. The van der Waals surface area contributed by atoms with E-state index in [2.05, 4.69) is 228 Å². The Hall–Kier alpha value is -8.42. The van der Waals surface area contributed by atoms with Gasteiger partial charge >= 0.3 is 0 Å². The van der Waals surface area contributed by atoms with Crippen LogP contribution in [0.5, 0.6) is 0 Å². The fourth-order valence-electron chi connectivity index (χ4n) is 10.6. The molecule has 0 N–H and O–H groups in total. The molecule has 0 fully saturated rings. The highest BCUT2D eigenvalue weighted by Gasteiger charge is 2.22. The van der Waals surface area contributed by atoms with Gasteiger partial charge in [-0.1, -0.05) is 109 Å². The molecule has 0 spiro atoms. The lowest BCUT2D eigenvalue weighted by atomic mass is 10.0. The van der Waals surface area contributed by atoms with Crippen molar-refractivity contribution in [1.29, 1.82) is 0 Å². The normalized spacial score (nSPS) is 12.1. The van der Waals surface area contributed by atoms with Crippen LogP contribution in [0.3, 0.4) is 0 Å². The van der Waals surface area contributed by atoms with Gasteiger partial charge in [-0.3, -0.25) is 0 Å². The van der Waals surface area contributed by atoms with E-state index in [-0.39, 0.29) is 0 Å². The average molecular weight is 905 g/mol. The molecule has 0 radical (unpaired) electrons. The van der Waals surface area contributed by atoms with Crippen LogP contribution in [0.1, 0.15) is 0 Å². The van der Waals surface area contributed by atoms with E-state index in [0.29, 0.717) is 0 Å². The third kappa shape index (κ3) is 5.72. The van der Waals surface area contributed by atoms with Gasteiger partial charge in [-0.2, -0.15) is 0 Å². The molecular weight excluding hydrogens is 869 g/mol. The monoisotopic (exact) mass is 904 g/mol. The number of nitrogens with zero attached hydrogens (tertiary/aromatic N) is 2. The van der Waals surface area contributed by atoms with Gasteiger partial charge in [-0.05, 0) is 131 Å². The van der Waals surface area contributed by atoms with Gasteiger partial charge in [0.15, 0.2) is 0 Å². The van der Waals surface area contributed by atoms with E-state index in [1.54, 1.807) is 0 Å². The van der Waals surface area contributed by atoms with E-state index in [0.717, 1.165) is 99.5 Å². The van der Waals surface area contributed by atoms with Gasteiger partial charge in [0.25, 0.3) is 0 Å². The summed E-state index contributed by atoms with van der Waals surface area (Å²) in [6.07, 6.45) is 0. The number of furan rings is 2. The summed E-state index contributed by atoms with van der Waals surface area (Å²) in [5.41, 5.74) is 10.1. The molecule has 6 heteroatoms. The van der Waals surface area contributed by atoms with Crippen molar-refractivity contribution in [2.45, 2.75) is 0 Å². The molecule has 0 aliphatic rings. The van der Waals surface area contributed by atoms with Crippen LogP contribution in [0.4, 0.5) is 34.1 Å². The van der Waals surface area contributed by atoms with Crippen molar-refractivity contribution in [3.05, 3.63) is 218 Å². The zero-order chi connectivity index (χ0) is 44.5. The summed E-state index contributed by atoms with van der Waals surface area (Å²) in [6.45, 7) is 0. The minimum Gasteiger partial charge on any atom is -0.456 e. The highest BCUT2D eigenvalue weighted by molar-refractivity contribution is 7.26. The Kier molecular flexibility index (Phi) is 8.07. The van der Waals surface area contributed by atoms with Gasteiger partial charge in [0.05, 0.1) is 20.8 Å². The van der Waals surface area contributed by atoms with Crippen molar-refractivity contribution < 1.29 is 8.83 Å². The lowest BCUT2D eigenvalue weighted by Gasteiger charge is -2.26. The summed E-state index contributed by atoms with van der Waals surface area (Å²) >= 11 is 3.70. The first-order valence-electron chi connectivity index (χ1n) is 22.9. The molecule has 0 bridgehead atoms. The molecule has 4 heterocycles. The highest BCUT2D eigenvalue weighted by atomic mass is 32.1. The van der Waals surface area contributed by atoms with Crippen LogP contribution in [0, 0.1) is 0 Å². The molecule has 0 unspecified atom stereocenters. The quantitative estimate of drug-likeness (QED) is 0.166. The van der Waals surface area contributed by atoms with Crippen molar-refractivity contribution in [3.8, 4) is 0 Å². The number of fused-ring (bicyclic) bond motifs is 14. The van der Waals surface area contributed by atoms with E-state index in [9.17, 15) is 0 Å². The van der Waals surface area contributed by atoms with E-state index in [1.165, 1.54) is 40.3 Å². The van der Waals surface area contributed by atoms with Crippen LogP contribution in [-0.2, 0) is 0 Å². The molecule has 0 aliphatic carbocycles. The molecule has 11 aromatic carbocycles. The Balaban J connectivity index is 0.836. The fraction of sp³-hybridized carbons (Fsp3) is 0. The van der Waals surface area contributed by atoms with E-state index < -0.39 is 0 Å². The van der Waals surface area contributed by atoms with Crippen molar-refractivity contribution in [1.82, 2.24) is 0 Å². The van der Waals surface area contributed by atoms with Crippen LogP contribution in [0.15, 0.2) is 227 Å². The molecular formula is C62H36N2O2S2. The van der Waals surface area contributed by atoms with Crippen LogP contribution in [-0.4, -0.2) is 0 Å². The minimum absolute atomic E-state index is 0.845. The number of rotatable bonds is 6. The largest absolute Gasteiger partial charge is 0.456 e. The van der Waals surface area contributed by atoms with Gasteiger partial charge < -0.3 is 18.6 Å². The predicted octanol–water partition coefficient (Wildman–Crippen LogP) is 19.5. The summed E-state index contributed by atoms with van der Waals surface area (Å²) in [7, 11) is 0. The summed E-state index contributed by atoms with van der Waals surface area (Å²) < 4.78 is 18.6. The number of benzene rings is 11. The zero-order valence-corrected chi connectivity index (χ0v) is 37.9. The van der Waals surface area contributed by atoms with Crippen LogP contribution in [0.2, 0.25) is 0 Å². The van der Waals surface area contributed by atoms with Gasteiger partial charge in [-0.25, -0.2) is 0 Å². The summed E-state index contributed by atoms with van der Waals surface area (Å²) in [4.78, 5) is 4.77. The molecule has 15 aromatic rings. The molecule has 15 rings (SSSR count). The topological polar surface area (TPSA) is 32.8 Å². The number of hydrogen-bond acceptors (Lipinski definition) is 6. The zero-order valence-electron chi connectivity index (χ0n) is 36.3. The SMILES string of the molecule is c1ccc(N(c2ccc3cc4c(cc3c2)oc2cc3c(cc24)oc2cc4cc(N(c5ccccc5)c5cccc6c5sc5ccccc56)ccc4cc23)c2cccc3c2sc2ccccc23)cc1. The Labute approximate surface area is 397 Å². The molecule has 0 amide bonds. The molecule has 0 saturated heterocycles. The summed E-state index contributed by atoms with van der Waals surface area (Å²) in [5.74, 6) is 0. The molecule has 4 nitrogen and oxygen atoms in total. The number of anilines is 6. The smallest absolute Gasteiger partial charge is 0.136 e. The molecule has 0 atom stereocenters. The second-order valence-corrected chi connectivity index (χ2v) is 19.8. The molecule has 0 aliphatic heterocycles. The van der Waals surface area contributed by atoms with Crippen molar-refractivity contribution in [2.24, 2.45) is 0 Å². The first kappa shape index (κ1) is 37.8. The van der Waals surface area contributed by atoms with Crippen LogP contribution >= 0.6 is 22.7 Å². The van der Waals surface area contributed by atoms with Crippen molar-refractivity contribution in [3.63, 3.8) is 0 Å². The number of para-hydroxylation sites is 2. The maximum atomic E-state index is 6.75. The third-order valence-electron chi connectivity index (χ3n) is 13.7. The average Bonchev–Trinajstić information content (AvgIpc) is 4.15. The van der Waals surface area contributed by atoms with Gasteiger partial charge in [-0.15, -0.1) is 22.7 Å². The molecule has 0 saturated carbocycles. The van der Waals surface area contributed by atoms with E-state index >= 15 is 0 Å². The Morgan fingerprint density at radius 1 is 0.265 bits per heavy atom. The highest BCUT2D eigenvalue weighted by Crippen LogP contribution is 2.48. The Bertz CT molecular complexity index is 4230. The molecule has 318 valence electrons. The van der Waals surface area contributed by atoms with Gasteiger partial charge in [0, 0.05) is 75.2 Å². The van der Waals surface area contributed by atoms with Crippen molar-refractivity contribution >= 4 is 163 Å². The lowest BCUT2D eigenvalue weighted by molar-refractivity contribution is 0.664. The number of hydrogen-bond donors (Lipinski definition) is 0. The third-order valence-corrected chi connectivity index (χ3v) is 16.2. The Morgan fingerprint density at radius 3 is 1.13 bits per heavy atom. The number of thiophene rings is 2. The van der Waals surface area contributed by atoms with E-state index in [4.69, 9.17) is 8.83 Å². The first-order valence-corrected chi connectivity index (χ1v) is 24.5. The standard InChI is InChI=1S/C62H36N2O2S2/c1-3-13-41(14-4-1)63(53-21-11-19-47-45-17-7-9-23-59(45)67-61(47)53)43-27-25-37-31-49-51-35-58-52(36-57(51)65-55(49)33-39(37)29-43)50-32-38-26-28-44(30-40(38)34-56(50)66-58)64(42-15-5-2-6-16-42)54-22-12-20-48-46-18-8-10-24-60(46)68-62(48)54/h1-36H. The maximum Gasteiger partial charge on any atom is 0.136 e.